The predicted molar refractivity (Wildman–Crippen MR) is 81.0 cm³/mol. The van der Waals surface area contributed by atoms with E-state index in [0.717, 1.165) is 47.0 Å². The summed E-state index contributed by atoms with van der Waals surface area (Å²) in [5.74, 6) is 0.534. The number of hydrogen-bond acceptors (Lipinski definition) is 4. The molecule has 0 saturated carbocycles. The normalized spacial score (nSPS) is 18.7. The third-order valence-corrected chi connectivity index (χ3v) is 4.14. The summed E-state index contributed by atoms with van der Waals surface area (Å²) in [6, 6.07) is 3.66. The van der Waals surface area contributed by atoms with Gasteiger partial charge in [-0.1, -0.05) is 0 Å². The van der Waals surface area contributed by atoms with Gasteiger partial charge in [-0.25, -0.2) is 9.97 Å². The number of hydrogen-bond donors (Lipinski definition) is 2. The van der Waals surface area contributed by atoms with Crippen molar-refractivity contribution >= 4 is 33.5 Å². The molecule has 0 aromatic carbocycles. The quantitative estimate of drug-likeness (QED) is 0.746. The van der Waals surface area contributed by atoms with E-state index in [0.29, 0.717) is 0 Å². The molecular formula is C15H15N5O. The molecule has 1 atom stereocenters. The first kappa shape index (κ1) is 12.1. The van der Waals surface area contributed by atoms with Crippen LogP contribution in [-0.4, -0.2) is 33.4 Å². The fraction of sp³-hybridized carbons (Fsp3) is 0.267. The fourth-order valence-corrected chi connectivity index (χ4v) is 3.19. The van der Waals surface area contributed by atoms with E-state index < -0.39 is 0 Å². The zero-order valence-electron chi connectivity index (χ0n) is 11.4. The van der Waals surface area contributed by atoms with E-state index in [1.54, 1.807) is 6.20 Å². The first-order valence-electron chi connectivity index (χ1n) is 7.02. The van der Waals surface area contributed by atoms with Crippen LogP contribution < -0.4 is 10.6 Å². The summed E-state index contributed by atoms with van der Waals surface area (Å²) in [6.07, 6.45) is 7.19. The van der Waals surface area contributed by atoms with Gasteiger partial charge in [0.2, 0.25) is 5.91 Å². The second-order valence-corrected chi connectivity index (χ2v) is 5.35. The molecule has 21 heavy (non-hydrogen) atoms. The maximum atomic E-state index is 11.7. The zero-order chi connectivity index (χ0) is 14.4. The summed E-state index contributed by atoms with van der Waals surface area (Å²) >= 11 is 0. The Bertz CT molecular complexity index is 840. The van der Waals surface area contributed by atoms with E-state index in [2.05, 4.69) is 15.0 Å². The number of H-pyrrole nitrogens is 1. The van der Waals surface area contributed by atoms with Gasteiger partial charge in [0, 0.05) is 41.3 Å². The first-order valence-corrected chi connectivity index (χ1v) is 7.02. The van der Waals surface area contributed by atoms with Crippen LogP contribution in [0.4, 0.5) is 5.82 Å². The molecule has 106 valence electrons. The van der Waals surface area contributed by atoms with Crippen molar-refractivity contribution in [2.75, 3.05) is 11.4 Å². The van der Waals surface area contributed by atoms with Crippen molar-refractivity contribution in [2.45, 2.75) is 18.9 Å². The number of rotatable bonds is 2. The number of carbonyl (C=O) groups excluding carboxylic acids is 1. The lowest BCUT2D eigenvalue weighted by molar-refractivity contribution is -0.119. The fourth-order valence-electron chi connectivity index (χ4n) is 3.19. The van der Waals surface area contributed by atoms with E-state index in [9.17, 15) is 4.79 Å². The van der Waals surface area contributed by atoms with Crippen molar-refractivity contribution in [2.24, 2.45) is 5.73 Å². The van der Waals surface area contributed by atoms with Crippen LogP contribution in [0.2, 0.25) is 0 Å². The number of primary amides is 1. The molecule has 0 bridgehead atoms. The summed E-state index contributed by atoms with van der Waals surface area (Å²) in [5, 5.41) is 3.06. The van der Waals surface area contributed by atoms with E-state index in [4.69, 9.17) is 5.73 Å². The van der Waals surface area contributed by atoms with Gasteiger partial charge in [-0.05, 0) is 25.0 Å². The minimum atomic E-state index is -0.286. The lowest BCUT2D eigenvalue weighted by Crippen LogP contribution is -2.40. The summed E-state index contributed by atoms with van der Waals surface area (Å²) in [6.45, 7) is 0.800. The Hall–Kier alpha value is -2.63. The van der Waals surface area contributed by atoms with Gasteiger partial charge in [0.15, 0.2) is 0 Å². The van der Waals surface area contributed by atoms with Crippen LogP contribution >= 0.6 is 0 Å². The van der Waals surface area contributed by atoms with E-state index in [1.165, 1.54) is 0 Å². The summed E-state index contributed by atoms with van der Waals surface area (Å²) in [4.78, 5) is 25.7. The SMILES string of the molecule is NC(=O)C1CCCN1c1nccc2cnc3[nH]ccc3c12. The third kappa shape index (κ3) is 1.75. The van der Waals surface area contributed by atoms with E-state index in [1.807, 2.05) is 29.4 Å². The summed E-state index contributed by atoms with van der Waals surface area (Å²) < 4.78 is 0. The topological polar surface area (TPSA) is 87.9 Å². The van der Waals surface area contributed by atoms with Crippen molar-refractivity contribution in [1.29, 1.82) is 0 Å². The molecule has 1 aliphatic rings. The number of nitrogens with zero attached hydrogens (tertiary/aromatic N) is 3. The molecule has 3 aromatic rings. The van der Waals surface area contributed by atoms with Crippen LogP contribution in [0, 0.1) is 0 Å². The number of aromatic amines is 1. The minimum Gasteiger partial charge on any atom is -0.368 e. The highest BCUT2D eigenvalue weighted by Gasteiger charge is 2.31. The Balaban J connectivity index is 2.00. The molecule has 0 aliphatic carbocycles. The molecule has 6 nitrogen and oxygen atoms in total. The molecule has 1 saturated heterocycles. The molecule has 0 spiro atoms. The van der Waals surface area contributed by atoms with Crippen LogP contribution in [-0.2, 0) is 4.79 Å². The van der Waals surface area contributed by atoms with Crippen molar-refractivity contribution in [3.8, 4) is 0 Å². The second-order valence-electron chi connectivity index (χ2n) is 5.35. The lowest BCUT2D eigenvalue weighted by Gasteiger charge is -2.24. The minimum absolute atomic E-state index is 0.273. The number of aromatic nitrogens is 3. The monoisotopic (exact) mass is 281 g/mol. The van der Waals surface area contributed by atoms with Crippen LogP contribution in [0.3, 0.4) is 0 Å². The molecule has 1 amide bonds. The lowest BCUT2D eigenvalue weighted by atomic mass is 10.1. The molecule has 1 fully saturated rings. The van der Waals surface area contributed by atoms with Gasteiger partial charge < -0.3 is 15.6 Å². The summed E-state index contributed by atoms with van der Waals surface area (Å²) in [5.41, 5.74) is 6.36. The highest BCUT2D eigenvalue weighted by Crippen LogP contribution is 2.33. The number of fused-ring (bicyclic) bond motifs is 3. The number of nitrogens with two attached hydrogens (primary N) is 1. The molecule has 4 heterocycles. The van der Waals surface area contributed by atoms with Gasteiger partial charge in [0.25, 0.3) is 0 Å². The van der Waals surface area contributed by atoms with Crippen LogP contribution in [0.15, 0.2) is 30.7 Å². The molecule has 6 heteroatoms. The Labute approximate surface area is 121 Å². The number of pyridine rings is 2. The molecule has 1 unspecified atom stereocenters. The Kier molecular flexibility index (Phi) is 2.57. The zero-order valence-corrected chi connectivity index (χ0v) is 11.4. The largest absolute Gasteiger partial charge is 0.368 e. The van der Waals surface area contributed by atoms with Crippen molar-refractivity contribution in [1.82, 2.24) is 15.0 Å². The Morgan fingerprint density at radius 1 is 1.38 bits per heavy atom. The van der Waals surface area contributed by atoms with Crippen LogP contribution in [0.25, 0.3) is 21.8 Å². The summed E-state index contributed by atoms with van der Waals surface area (Å²) in [7, 11) is 0. The van der Waals surface area contributed by atoms with Gasteiger partial charge in [0.05, 0.1) is 0 Å². The van der Waals surface area contributed by atoms with E-state index in [-0.39, 0.29) is 11.9 Å². The second kappa shape index (κ2) is 4.44. The molecule has 3 aromatic heterocycles. The van der Waals surface area contributed by atoms with E-state index >= 15 is 0 Å². The third-order valence-electron chi connectivity index (χ3n) is 4.14. The highest BCUT2D eigenvalue weighted by molar-refractivity contribution is 6.10. The molecule has 4 rings (SSSR count). The number of nitrogens with one attached hydrogen (secondary N) is 1. The molecule has 0 radical (unpaired) electrons. The van der Waals surface area contributed by atoms with Gasteiger partial charge >= 0.3 is 0 Å². The van der Waals surface area contributed by atoms with Gasteiger partial charge in [-0.3, -0.25) is 4.79 Å². The predicted octanol–water partition coefficient (Wildman–Crippen LogP) is 1.57. The number of carbonyl (C=O) groups is 1. The number of anilines is 1. The molecule has 1 aliphatic heterocycles. The Morgan fingerprint density at radius 3 is 3.14 bits per heavy atom. The van der Waals surface area contributed by atoms with Crippen molar-refractivity contribution in [3.63, 3.8) is 0 Å². The average molecular weight is 281 g/mol. The van der Waals surface area contributed by atoms with Crippen molar-refractivity contribution in [3.05, 3.63) is 30.7 Å². The smallest absolute Gasteiger partial charge is 0.240 e. The standard InChI is InChI=1S/C15H15N5O/c16-13(21)11-2-1-7-20(11)15-12-9(3-5-18-15)8-19-14-10(12)4-6-17-14/h3-6,8,11H,1-2,7H2,(H2,16,21)(H,17,19). The Morgan fingerprint density at radius 2 is 2.29 bits per heavy atom. The number of amides is 1. The van der Waals surface area contributed by atoms with Gasteiger partial charge in [-0.2, -0.15) is 0 Å². The maximum Gasteiger partial charge on any atom is 0.240 e. The van der Waals surface area contributed by atoms with Crippen molar-refractivity contribution < 1.29 is 4.79 Å². The van der Waals surface area contributed by atoms with Gasteiger partial charge in [-0.15, -0.1) is 0 Å². The first-order chi connectivity index (χ1) is 10.3. The highest BCUT2D eigenvalue weighted by atomic mass is 16.1. The molecular weight excluding hydrogens is 266 g/mol. The average Bonchev–Trinajstić information content (AvgIpc) is 3.15. The van der Waals surface area contributed by atoms with Gasteiger partial charge in [0.1, 0.15) is 17.5 Å². The maximum absolute atomic E-state index is 11.7. The van der Waals surface area contributed by atoms with Crippen LogP contribution in [0.5, 0.6) is 0 Å². The van der Waals surface area contributed by atoms with Crippen LogP contribution in [0.1, 0.15) is 12.8 Å². The molecule has 3 N–H and O–H groups in total.